The van der Waals surface area contributed by atoms with E-state index in [0.717, 1.165) is 29.7 Å². The summed E-state index contributed by atoms with van der Waals surface area (Å²) in [5, 5.41) is 12.7. The summed E-state index contributed by atoms with van der Waals surface area (Å²) >= 11 is 0. The van der Waals surface area contributed by atoms with Crippen molar-refractivity contribution < 1.29 is 5.11 Å². The average Bonchev–Trinajstić information content (AvgIpc) is 2.58. The number of nitrogens with zero attached hydrogens (tertiary/aromatic N) is 2. The predicted octanol–water partition coefficient (Wildman–Crippen LogP) is 2.96. The van der Waals surface area contributed by atoms with Crippen LogP contribution in [0.5, 0.6) is 0 Å². The molecular formula is C17H22N4O. The number of hydrogen-bond donors (Lipinski definition) is 3. The van der Waals surface area contributed by atoms with E-state index in [4.69, 9.17) is 5.73 Å². The number of benzene rings is 1. The fourth-order valence-electron chi connectivity index (χ4n) is 2.91. The van der Waals surface area contributed by atoms with Crippen molar-refractivity contribution in [3.63, 3.8) is 0 Å². The van der Waals surface area contributed by atoms with Gasteiger partial charge in [-0.3, -0.25) is 0 Å². The van der Waals surface area contributed by atoms with E-state index in [0.29, 0.717) is 17.7 Å². The Morgan fingerprint density at radius 1 is 1.23 bits per heavy atom. The number of rotatable bonds is 4. The number of nitrogens with one attached hydrogen (secondary N) is 1. The molecule has 22 heavy (non-hydrogen) atoms. The van der Waals surface area contributed by atoms with Gasteiger partial charge in [-0.2, -0.15) is 0 Å². The van der Waals surface area contributed by atoms with Crippen LogP contribution in [0.3, 0.4) is 0 Å². The molecule has 1 aliphatic rings. The van der Waals surface area contributed by atoms with Gasteiger partial charge in [0.1, 0.15) is 0 Å². The van der Waals surface area contributed by atoms with Crippen LogP contribution in [-0.4, -0.2) is 21.1 Å². The zero-order valence-electron chi connectivity index (χ0n) is 12.6. The third-order valence-electron chi connectivity index (χ3n) is 4.15. The first-order valence-corrected chi connectivity index (χ1v) is 7.85. The number of aliphatic hydroxyl groups is 1. The highest BCUT2D eigenvalue weighted by Crippen LogP contribution is 2.25. The van der Waals surface area contributed by atoms with Gasteiger partial charge in [0.2, 0.25) is 0 Å². The van der Waals surface area contributed by atoms with E-state index >= 15 is 0 Å². The zero-order chi connectivity index (χ0) is 15.4. The van der Waals surface area contributed by atoms with Gasteiger partial charge < -0.3 is 16.2 Å². The molecule has 2 aromatic rings. The van der Waals surface area contributed by atoms with Crippen molar-refractivity contribution in [2.24, 2.45) is 0 Å². The molecule has 0 saturated heterocycles. The molecule has 1 heterocycles. The summed E-state index contributed by atoms with van der Waals surface area (Å²) in [4.78, 5) is 8.90. The molecule has 1 aliphatic carbocycles. The smallest absolute Gasteiger partial charge is 0.169 e. The second-order valence-corrected chi connectivity index (χ2v) is 5.83. The molecule has 1 saturated carbocycles. The van der Waals surface area contributed by atoms with Crippen molar-refractivity contribution in [1.29, 1.82) is 0 Å². The lowest BCUT2D eigenvalue weighted by Gasteiger charge is -2.23. The normalized spacial score (nSPS) is 15.7. The lowest BCUT2D eigenvalue weighted by Crippen LogP contribution is -2.23. The molecule has 0 spiro atoms. The molecule has 0 bridgehead atoms. The molecule has 116 valence electrons. The third kappa shape index (κ3) is 3.36. The topological polar surface area (TPSA) is 84.1 Å². The number of aliphatic hydroxyl groups excluding tert-OH is 1. The van der Waals surface area contributed by atoms with Gasteiger partial charge in [-0.05, 0) is 24.5 Å². The number of hydrogen-bond acceptors (Lipinski definition) is 5. The van der Waals surface area contributed by atoms with E-state index in [-0.39, 0.29) is 6.61 Å². The van der Waals surface area contributed by atoms with Gasteiger partial charge in [-0.25, -0.2) is 9.97 Å². The minimum atomic E-state index is 0.0173. The zero-order valence-corrected chi connectivity index (χ0v) is 12.6. The average molecular weight is 298 g/mol. The Kier molecular flexibility index (Phi) is 4.53. The van der Waals surface area contributed by atoms with E-state index in [1.165, 1.54) is 19.3 Å². The van der Waals surface area contributed by atoms with Gasteiger partial charge >= 0.3 is 0 Å². The van der Waals surface area contributed by atoms with Crippen LogP contribution in [0, 0.1) is 0 Å². The van der Waals surface area contributed by atoms with E-state index in [1.54, 1.807) is 6.20 Å². The molecule has 0 radical (unpaired) electrons. The van der Waals surface area contributed by atoms with Crippen molar-refractivity contribution in [3.8, 4) is 11.3 Å². The van der Waals surface area contributed by atoms with Gasteiger partial charge in [0, 0.05) is 11.6 Å². The molecule has 0 aliphatic heterocycles. The highest BCUT2D eigenvalue weighted by atomic mass is 16.3. The summed E-state index contributed by atoms with van der Waals surface area (Å²) in [7, 11) is 0. The number of nitrogens with two attached hydrogens (primary N) is 1. The van der Waals surface area contributed by atoms with Crippen LogP contribution in [0.2, 0.25) is 0 Å². The number of nitrogen functional groups attached to an aromatic ring is 1. The molecule has 1 aromatic heterocycles. The van der Waals surface area contributed by atoms with Crippen LogP contribution in [0.15, 0.2) is 30.5 Å². The third-order valence-corrected chi connectivity index (χ3v) is 4.15. The Morgan fingerprint density at radius 2 is 2.05 bits per heavy atom. The highest BCUT2D eigenvalue weighted by Gasteiger charge is 2.16. The summed E-state index contributed by atoms with van der Waals surface area (Å²) in [6.45, 7) is 0.0173. The summed E-state index contributed by atoms with van der Waals surface area (Å²) in [5.41, 5.74) is 8.53. The van der Waals surface area contributed by atoms with Crippen LogP contribution in [0.4, 0.5) is 11.6 Å². The Labute approximate surface area is 130 Å². The minimum Gasteiger partial charge on any atom is -0.392 e. The Bertz CT molecular complexity index is 638. The summed E-state index contributed by atoms with van der Waals surface area (Å²) in [6.07, 6.45) is 7.81. The number of aromatic nitrogens is 2. The maximum atomic E-state index is 9.26. The van der Waals surface area contributed by atoms with E-state index in [2.05, 4.69) is 15.3 Å². The van der Waals surface area contributed by atoms with Crippen LogP contribution < -0.4 is 11.1 Å². The Balaban J connectivity index is 1.85. The van der Waals surface area contributed by atoms with Crippen molar-refractivity contribution in [2.75, 3.05) is 11.1 Å². The summed E-state index contributed by atoms with van der Waals surface area (Å²) in [5.74, 6) is 1.10. The van der Waals surface area contributed by atoms with Gasteiger partial charge in [0.15, 0.2) is 11.6 Å². The molecule has 1 fully saturated rings. The first-order valence-electron chi connectivity index (χ1n) is 7.85. The predicted molar refractivity (Wildman–Crippen MR) is 88.3 cm³/mol. The number of anilines is 2. The van der Waals surface area contributed by atoms with Crippen LogP contribution in [-0.2, 0) is 6.61 Å². The van der Waals surface area contributed by atoms with Crippen LogP contribution in [0.25, 0.3) is 11.3 Å². The van der Waals surface area contributed by atoms with Gasteiger partial charge in [-0.1, -0.05) is 37.5 Å². The minimum absolute atomic E-state index is 0.0173. The van der Waals surface area contributed by atoms with Crippen molar-refractivity contribution in [2.45, 2.75) is 44.8 Å². The maximum absolute atomic E-state index is 9.26. The van der Waals surface area contributed by atoms with Crippen LogP contribution in [0.1, 0.15) is 37.7 Å². The molecule has 0 atom stereocenters. The molecule has 4 N–H and O–H groups in total. The summed E-state index contributed by atoms with van der Waals surface area (Å²) in [6, 6.07) is 8.11. The lowest BCUT2D eigenvalue weighted by molar-refractivity contribution is 0.282. The molecule has 0 unspecified atom stereocenters. The molecule has 5 heteroatoms. The summed E-state index contributed by atoms with van der Waals surface area (Å²) < 4.78 is 0. The van der Waals surface area contributed by atoms with E-state index in [1.807, 2.05) is 24.3 Å². The van der Waals surface area contributed by atoms with Crippen LogP contribution >= 0.6 is 0 Å². The molecule has 5 nitrogen and oxygen atoms in total. The first kappa shape index (κ1) is 14.8. The Hall–Kier alpha value is -2.14. The van der Waals surface area contributed by atoms with Gasteiger partial charge in [0.05, 0.1) is 18.5 Å². The van der Waals surface area contributed by atoms with E-state index in [9.17, 15) is 5.11 Å². The molecular weight excluding hydrogens is 276 g/mol. The lowest BCUT2D eigenvalue weighted by atomic mass is 9.95. The molecule has 3 rings (SSSR count). The van der Waals surface area contributed by atoms with Gasteiger partial charge in [-0.15, -0.1) is 0 Å². The quantitative estimate of drug-likeness (QED) is 0.808. The maximum Gasteiger partial charge on any atom is 0.169 e. The Morgan fingerprint density at radius 3 is 2.82 bits per heavy atom. The second-order valence-electron chi connectivity index (χ2n) is 5.83. The first-order chi connectivity index (χ1) is 10.8. The second kappa shape index (κ2) is 6.75. The fourth-order valence-corrected chi connectivity index (χ4v) is 2.91. The standard InChI is InChI=1S/C17H22N4O/c18-16-17(20-14-7-2-1-3-8-14)21-15(10-19-16)13-6-4-5-12(9-13)11-22/h4-6,9-10,14,22H,1-3,7-8,11H2,(H2,18,19)(H,20,21). The van der Waals surface area contributed by atoms with Crippen molar-refractivity contribution >= 4 is 11.6 Å². The van der Waals surface area contributed by atoms with E-state index < -0.39 is 0 Å². The largest absolute Gasteiger partial charge is 0.392 e. The fraction of sp³-hybridized carbons (Fsp3) is 0.412. The highest BCUT2D eigenvalue weighted by molar-refractivity contribution is 5.66. The van der Waals surface area contributed by atoms with Crippen molar-refractivity contribution in [1.82, 2.24) is 9.97 Å². The SMILES string of the molecule is Nc1ncc(-c2cccc(CO)c2)nc1NC1CCCCC1. The molecule has 0 amide bonds. The molecule has 1 aromatic carbocycles. The van der Waals surface area contributed by atoms with Crippen molar-refractivity contribution in [3.05, 3.63) is 36.0 Å². The monoisotopic (exact) mass is 298 g/mol. The van der Waals surface area contributed by atoms with Gasteiger partial charge in [0.25, 0.3) is 0 Å².